The third-order valence-electron chi connectivity index (χ3n) is 4.74. The Morgan fingerprint density at radius 2 is 2.07 bits per heavy atom. The number of nitrogens with zero attached hydrogens (tertiary/aromatic N) is 2. The maximum Gasteiger partial charge on any atom is 0.224 e. The molecule has 2 aromatic carbocycles. The van der Waals surface area contributed by atoms with Crippen LogP contribution >= 0.6 is 0 Å². The molecule has 0 atom stereocenters. The summed E-state index contributed by atoms with van der Waals surface area (Å²) in [5, 5.41) is 2.95. The monoisotopic (exact) mass is 359 g/mol. The number of allylic oxidation sites excluding steroid dienone is 1. The number of amides is 1. The first-order valence-corrected chi connectivity index (χ1v) is 8.95. The Balaban J connectivity index is 1.71. The van der Waals surface area contributed by atoms with Crippen LogP contribution in [0.3, 0.4) is 0 Å². The van der Waals surface area contributed by atoms with Gasteiger partial charge in [-0.25, -0.2) is 4.98 Å². The fourth-order valence-electron chi connectivity index (χ4n) is 3.28. The summed E-state index contributed by atoms with van der Waals surface area (Å²) in [6.07, 6.45) is 9.06. The predicted octanol–water partition coefficient (Wildman–Crippen LogP) is 4.02. The van der Waals surface area contributed by atoms with Crippen molar-refractivity contribution in [2.45, 2.75) is 19.4 Å². The highest BCUT2D eigenvalue weighted by atomic mass is 16.5. The second-order valence-corrected chi connectivity index (χ2v) is 6.60. The van der Waals surface area contributed by atoms with Crippen LogP contribution in [-0.4, -0.2) is 22.6 Å². The van der Waals surface area contributed by atoms with Crippen LogP contribution in [0.1, 0.15) is 23.1 Å². The minimum atomic E-state index is 0.0858. The molecular weight excluding hydrogens is 338 g/mol. The third-order valence-corrected chi connectivity index (χ3v) is 4.74. The first-order chi connectivity index (χ1) is 13.2. The van der Waals surface area contributed by atoms with Gasteiger partial charge >= 0.3 is 0 Å². The number of imidazole rings is 1. The highest BCUT2D eigenvalue weighted by molar-refractivity contribution is 5.94. The molecule has 1 aliphatic heterocycles. The number of carbonyl (C=O) groups is 1. The van der Waals surface area contributed by atoms with Crippen LogP contribution in [0.5, 0.6) is 5.75 Å². The summed E-state index contributed by atoms with van der Waals surface area (Å²) < 4.78 is 7.30. The van der Waals surface area contributed by atoms with E-state index in [4.69, 9.17) is 4.74 Å². The summed E-state index contributed by atoms with van der Waals surface area (Å²) >= 11 is 0. The molecule has 27 heavy (non-hydrogen) atoms. The van der Waals surface area contributed by atoms with Crippen molar-refractivity contribution in [3.8, 4) is 5.75 Å². The molecule has 4 rings (SSSR count). The first kappa shape index (κ1) is 17.1. The number of hydrogen-bond donors (Lipinski definition) is 1. The molecule has 1 aromatic heterocycles. The average Bonchev–Trinajstić information content (AvgIpc) is 3.21. The van der Waals surface area contributed by atoms with E-state index in [1.165, 1.54) is 11.1 Å². The molecule has 0 saturated carbocycles. The molecule has 0 aliphatic carbocycles. The van der Waals surface area contributed by atoms with Crippen molar-refractivity contribution in [2.75, 3.05) is 12.4 Å². The van der Waals surface area contributed by atoms with E-state index >= 15 is 0 Å². The molecule has 0 bridgehead atoms. The largest absolute Gasteiger partial charge is 0.497 e. The van der Waals surface area contributed by atoms with E-state index < -0.39 is 0 Å². The quantitative estimate of drug-likeness (QED) is 0.700. The summed E-state index contributed by atoms with van der Waals surface area (Å²) in [7, 11) is 1.67. The van der Waals surface area contributed by atoms with Crippen LogP contribution in [0, 0.1) is 0 Å². The number of aromatic nitrogens is 2. The summed E-state index contributed by atoms with van der Waals surface area (Å²) in [6.45, 7) is 0.719. The van der Waals surface area contributed by atoms with Gasteiger partial charge in [-0.05, 0) is 59.0 Å². The SMILES string of the molecule is COc1ccc(/C=C(/Cn2ccnc2)c2ccc3c(c2)CCC(=O)N3)cc1. The van der Waals surface area contributed by atoms with Crippen LogP contribution in [0.2, 0.25) is 0 Å². The second kappa shape index (κ2) is 7.50. The maximum absolute atomic E-state index is 11.6. The standard InChI is InChI=1S/C22H21N3O2/c1-27-20-6-2-16(3-7-20)12-19(14-25-11-10-23-15-25)17-4-8-21-18(13-17)5-9-22(26)24-21/h2-4,6-8,10-13,15H,5,9,14H2,1H3,(H,24,26)/b19-12-. The fraction of sp³-hybridized carbons (Fsp3) is 0.182. The molecular formula is C22H21N3O2. The lowest BCUT2D eigenvalue weighted by molar-refractivity contribution is -0.116. The molecule has 1 aliphatic rings. The predicted molar refractivity (Wildman–Crippen MR) is 106 cm³/mol. The van der Waals surface area contributed by atoms with Crippen LogP contribution in [0.25, 0.3) is 11.6 Å². The van der Waals surface area contributed by atoms with Crippen molar-refractivity contribution < 1.29 is 9.53 Å². The zero-order chi connectivity index (χ0) is 18.6. The molecule has 3 aromatic rings. The number of ether oxygens (including phenoxy) is 1. The van der Waals surface area contributed by atoms with E-state index in [0.29, 0.717) is 6.42 Å². The number of carbonyl (C=O) groups excluding carboxylic acids is 1. The van der Waals surface area contributed by atoms with Gasteiger partial charge in [-0.15, -0.1) is 0 Å². The molecule has 0 radical (unpaired) electrons. The van der Waals surface area contributed by atoms with Gasteiger partial charge in [0.1, 0.15) is 5.75 Å². The Morgan fingerprint density at radius 1 is 1.22 bits per heavy atom. The minimum absolute atomic E-state index is 0.0858. The van der Waals surface area contributed by atoms with Gasteiger partial charge in [0.2, 0.25) is 5.91 Å². The first-order valence-electron chi connectivity index (χ1n) is 8.95. The molecule has 1 amide bonds. The van der Waals surface area contributed by atoms with Gasteiger partial charge in [-0.3, -0.25) is 4.79 Å². The molecule has 1 N–H and O–H groups in total. The second-order valence-electron chi connectivity index (χ2n) is 6.60. The molecule has 0 saturated heterocycles. The van der Waals surface area contributed by atoms with Crippen molar-refractivity contribution in [1.82, 2.24) is 9.55 Å². The van der Waals surface area contributed by atoms with Crippen LogP contribution in [-0.2, 0) is 17.8 Å². The summed E-state index contributed by atoms with van der Waals surface area (Å²) in [5.41, 5.74) is 5.53. The van der Waals surface area contributed by atoms with E-state index in [1.54, 1.807) is 13.3 Å². The Bertz CT molecular complexity index is 973. The number of nitrogens with one attached hydrogen (secondary N) is 1. The van der Waals surface area contributed by atoms with E-state index in [0.717, 1.165) is 35.5 Å². The normalized spacial score (nSPS) is 13.8. The highest BCUT2D eigenvalue weighted by Gasteiger charge is 2.16. The van der Waals surface area contributed by atoms with Gasteiger partial charge < -0.3 is 14.6 Å². The average molecular weight is 359 g/mol. The molecule has 136 valence electrons. The summed E-state index contributed by atoms with van der Waals surface area (Å²) in [5.74, 6) is 0.926. The van der Waals surface area contributed by atoms with Crippen molar-refractivity contribution in [1.29, 1.82) is 0 Å². The third kappa shape index (κ3) is 3.92. The molecule has 5 heteroatoms. The lowest BCUT2D eigenvalue weighted by Crippen LogP contribution is -2.19. The Labute approximate surface area is 158 Å². The van der Waals surface area contributed by atoms with Crippen molar-refractivity contribution >= 4 is 23.2 Å². The zero-order valence-electron chi connectivity index (χ0n) is 15.2. The van der Waals surface area contributed by atoms with Gasteiger partial charge in [0, 0.05) is 31.0 Å². The Kier molecular flexibility index (Phi) is 4.75. The van der Waals surface area contributed by atoms with E-state index in [9.17, 15) is 4.79 Å². The van der Waals surface area contributed by atoms with E-state index in [2.05, 4.69) is 33.1 Å². The van der Waals surface area contributed by atoms with Gasteiger partial charge in [0.15, 0.2) is 0 Å². The van der Waals surface area contributed by atoms with Crippen LogP contribution in [0.4, 0.5) is 5.69 Å². The number of fused-ring (bicyclic) bond motifs is 1. The van der Waals surface area contributed by atoms with E-state index in [-0.39, 0.29) is 5.91 Å². The van der Waals surface area contributed by atoms with E-state index in [1.807, 2.05) is 42.9 Å². The van der Waals surface area contributed by atoms with Crippen molar-refractivity contribution in [2.24, 2.45) is 0 Å². The van der Waals surface area contributed by atoms with Crippen LogP contribution in [0.15, 0.2) is 61.2 Å². The van der Waals surface area contributed by atoms with Gasteiger partial charge in [0.25, 0.3) is 0 Å². The lowest BCUT2D eigenvalue weighted by Gasteiger charge is -2.19. The van der Waals surface area contributed by atoms with Crippen molar-refractivity contribution in [3.63, 3.8) is 0 Å². The number of methoxy groups -OCH3 is 1. The topological polar surface area (TPSA) is 56.2 Å². The molecule has 0 unspecified atom stereocenters. The van der Waals surface area contributed by atoms with Crippen LogP contribution < -0.4 is 10.1 Å². The maximum atomic E-state index is 11.6. The number of anilines is 1. The number of benzene rings is 2. The summed E-state index contributed by atoms with van der Waals surface area (Å²) in [6, 6.07) is 14.3. The smallest absolute Gasteiger partial charge is 0.224 e. The lowest BCUT2D eigenvalue weighted by atomic mass is 9.95. The Hall–Kier alpha value is -3.34. The van der Waals surface area contributed by atoms with Crippen molar-refractivity contribution in [3.05, 3.63) is 77.9 Å². The Morgan fingerprint density at radius 3 is 2.81 bits per heavy atom. The number of aryl methyl sites for hydroxylation is 1. The molecule has 0 fully saturated rings. The molecule has 2 heterocycles. The highest BCUT2D eigenvalue weighted by Crippen LogP contribution is 2.28. The zero-order valence-corrected chi connectivity index (χ0v) is 15.2. The van der Waals surface area contributed by atoms with Gasteiger partial charge in [-0.1, -0.05) is 18.2 Å². The molecule has 5 nitrogen and oxygen atoms in total. The molecule has 0 spiro atoms. The van der Waals surface area contributed by atoms with Gasteiger partial charge in [0.05, 0.1) is 13.4 Å². The minimum Gasteiger partial charge on any atom is -0.497 e. The fourth-order valence-corrected chi connectivity index (χ4v) is 3.28. The number of rotatable bonds is 5. The summed E-state index contributed by atoms with van der Waals surface area (Å²) in [4.78, 5) is 15.8. The van der Waals surface area contributed by atoms with Gasteiger partial charge in [-0.2, -0.15) is 0 Å². The number of hydrogen-bond acceptors (Lipinski definition) is 3.